The second-order valence-electron chi connectivity index (χ2n) is 8.87. The fraction of sp³-hybridized carbons (Fsp3) is 0.0312. The van der Waals surface area contributed by atoms with Gasteiger partial charge in [-0.15, -0.1) is 0 Å². The predicted octanol–water partition coefficient (Wildman–Crippen LogP) is 8.40. The van der Waals surface area contributed by atoms with Crippen LogP contribution in [0.4, 0.5) is 10.8 Å². The number of rotatable bonds is 4. The standard InChI is InChI=1S/C32H22N2S/c1-3-12-22(13-4-1)32(23-14-5-2-6-15-23)25-17-8-7-16-24(25)30-26(32)18-11-20-28(30)34-31-33-27-19-9-10-21-29(27)35-31/h1-21H,(H,33,34). The maximum atomic E-state index is 4.85. The summed E-state index contributed by atoms with van der Waals surface area (Å²) in [5, 5.41) is 4.59. The van der Waals surface area contributed by atoms with Crippen LogP contribution in [0.5, 0.6) is 0 Å². The van der Waals surface area contributed by atoms with Gasteiger partial charge < -0.3 is 5.32 Å². The van der Waals surface area contributed by atoms with E-state index >= 15 is 0 Å². The smallest absolute Gasteiger partial charge is 0.188 e. The number of aromatic nitrogens is 1. The molecule has 7 rings (SSSR count). The summed E-state index contributed by atoms with van der Waals surface area (Å²) in [6, 6.07) is 45.6. The van der Waals surface area contributed by atoms with Crippen LogP contribution in [0.1, 0.15) is 22.3 Å². The molecule has 5 aromatic carbocycles. The molecule has 0 atom stereocenters. The van der Waals surface area contributed by atoms with Gasteiger partial charge in [-0.2, -0.15) is 0 Å². The van der Waals surface area contributed by atoms with Gasteiger partial charge in [0.25, 0.3) is 0 Å². The van der Waals surface area contributed by atoms with Crippen molar-refractivity contribution in [1.82, 2.24) is 4.98 Å². The minimum atomic E-state index is -0.389. The molecule has 0 bridgehead atoms. The average Bonchev–Trinajstić information content (AvgIpc) is 3.47. The molecule has 0 radical (unpaired) electrons. The van der Waals surface area contributed by atoms with Crippen molar-refractivity contribution in [3.05, 3.63) is 150 Å². The van der Waals surface area contributed by atoms with Crippen LogP contribution in [0.15, 0.2) is 127 Å². The van der Waals surface area contributed by atoms with Crippen molar-refractivity contribution in [1.29, 1.82) is 0 Å². The Morgan fingerprint density at radius 3 is 1.94 bits per heavy atom. The number of nitrogens with zero attached hydrogens (tertiary/aromatic N) is 1. The third-order valence-electron chi connectivity index (χ3n) is 7.02. The van der Waals surface area contributed by atoms with E-state index < -0.39 is 0 Å². The van der Waals surface area contributed by atoms with Crippen LogP contribution in [0.3, 0.4) is 0 Å². The number of nitrogens with one attached hydrogen (secondary N) is 1. The van der Waals surface area contributed by atoms with Gasteiger partial charge in [0.05, 0.1) is 15.6 Å². The summed E-state index contributed by atoms with van der Waals surface area (Å²) in [7, 11) is 0. The monoisotopic (exact) mass is 466 g/mol. The van der Waals surface area contributed by atoms with Crippen molar-refractivity contribution in [3.63, 3.8) is 0 Å². The molecule has 0 saturated carbocycles. The third kappa shape index (κ3) is 2.99. The lowest BCUT2D eigenvalue weighted by Crippen LogP contribution is -2.28. The second kappa shape index (κ2) is 7.93. The summed E-state index contributed by atoms with van der Waals surface area (Å²) in [5.41, 5.74) is 9.38. The maximum absolute atomic E-state index is 4.85. The molecule has 166 valence electrons. The van der Waals surface area contributed by atoms with Crippen molar-refractivity contribution in [2.45, 2.75) is 5.41 Å². The molecular weight excluding hydrogens is 444 g/mol. The molecule has 0 spiro atoms. The topological polar surface area (TPSA) is 24.9 Å². The number of thiazole rings is 1. The van der Waals surface area contributed by atoms with Gasteiger partial charge >= 0.3 is 0 Å². The minimum Gasteiger partial charge on any atom is -0.331 e. The first kappa shape index (κ1) is 20.2. The number of hydrogen-bond acceptors (Lipinski definition) is 3. The molecule has 0 unspecified atom stereocenters. The van der Waals surface area contributed by atoms with Crippen molar-refractivity contribution in [2.75, 3.05) is 5.32 Å². The molecule has 1 N–H and O–H groups in total. The summed E-state index contributed by atoms with van der Waals surface area (Å²) in [6.07, 6.45) is 0. The fourth-order valence-electron chi connectivity index (χ4n) is 5.64. The molecule has 0 aliphatic heterocycles. The van der Waals surface area contributed by atoms with E-state index in [9.17, 15) is 0 Å². The highest BCUT2D eigenvalue weighted by Crippen LogP contribution is 2.58. The summed E-state index contributed by atoms with van der Waals surface area (Å²) in [5.74, 6) is 0. The van der Waals surface area contributed by atoms with Crippen molar-refractivity contribution in [3.8, 4) is 11.1 Å². The molecule has 35 heavy (non-hydrogen) atoms. The van der Waals surface area contributed by atoms with Gasteiger partial charge in [-0.3, -0.25) is 0 Å². The Bertz CT molecular complexity index is 1600. The van der Waals surface area contributed by atoms with E-state index in [1.165, 1.54) is 38.1 Å². The first-order chi connectivity index (χ1) is 17.4. The molecule has 0 saturated heterocycles. The third-order valence-corrected chi connectivity index (χ3v) is 7.97. The molecule has 0 amide bonds. The van der Waals surface area contributed by atoms with Gasteiger partial charge in [0.2, 0.25) is 0 Å². The average molecular weight is 467 g/mol. The molecule has 3 heteroatoms. The maximum Gasteiger partial charge on any atom is 0.188 e. The number of para-hydroxylation sites is 1. The molecule has 6 aromatic rings. The van der Waals surface area contributed by atoms with Gasteiger partial charge in [0.1, 0.15) is 0 Å². The van der Waals surface area contributed by atoms with E-state index in [2.05, 4.69) is 127 Å². The summed E-state index contributed by atoms with van der Waals surface area (Å²) in [4.78, 5) is 4.85. The Morgan fingerprint density at radius 1 is 0.571 bits per heavy atom. The molecule has 1 heterocycles. The van der Waals surface area contributed by atoms with Crippen LogP contribution < -0.4 is 5.32 Å². The Balaban J connectivity index is 1.51. The Kier molecular flexibility index (Phi) is 4.58. The van der Waals surface area contributed by atoms with Crippen LogP contribution in [0, 0.1) is 0 Å². The number of hydrogen-bond donors (Lipinski definition) is 1. The van der Waals surface area contributed by atoms with Crippen molar-refractivity contribution in [2.24, 2.45) is 0 Å². The highest BCUT2D eigenvalue weighted by atomic mass is 32.1. The Labute approximate surface area is 208 Å². The molecule has 1 aliphatic carbocycles. The zero-order chi connectivity index (χ0) is 23.2. The molecular formula is C32H22N2S. The van der Waals surface area contributed by atoms with Crippen molar-refractivity contribution >= 4 is 32.4 Å². The van der Waals surface area contributed by atoms with Gasteiger partial charge in [0, 0.05) is 11.3 Å². The highest BCUT2D eigenvalue weighted by molar-refractivity contribution is 7.22. The number of fused-ring (bicyclic) bond motifs is 4. The van der Waals surface area contributed by atoms with Gasteiger partial charge in [-0.1, -0.05) is 121 Å². The van der Waals surface area contributed by atoms with E-state index in [-0.39, 0.29) is 5.41 Å². The zero-order valence-corrected chi connectivity index (χ0v) is 19.8. The Hall–Kier alpha value is -4.21. The molecule has 1 aromatic heterocycles. The largest absolute Gasteiger partial charge is 0.331 e. The van der Waals surface area contributed by atoms with Gasteiger partial charge in [-0.05, 0) is 46.0 Å². The van der Waals surface area contributed by atoms with Gasteiger partial charge in [0.15, 0.2) is 5.13 Å². The predicted molar refractivity (Wildman–Crippen MR) is 147 cm³/mol. The van der Waals surface area contributed by atoms with Gasteiger partial charge in [-0.25, -0.2) is 4.98 Å². The summed E-state index contributed by atoms with van der Waals surface area (Å²) in [6.45, 7) is 0. The summed E-state index contributed by atoms with van der Waals surface area (Å²) < 4.78 is 1.19. The second-order valence-corrected chi connectivity index (χ2v) is 9.90. The molecule has 2 nitrogen and oxygen atoms in total. The fourth-order valence-corrected chi connectivity index (χ4v) is 6.52. The summed E-state index contributed by atoms with van der Waals surface area (Å²) >= 11 is 1.69. The van der Waals surface area contributed by atoms with E-state index in [1.807, 2.05) is 6.07 Å². The lowest BCUT2D eigenvalue weighted by Gasteiger charge is -2.33. The van der Waals surface area contributed by atoms with E-state index in [0.717, 1.165) is 16.3 Å². The van der Waals surface area contributed by atoms with E-state index in [0.29, 0.717) is 0 Å². The first-order valence-corrected chi connectivity index (χ1v) is 12.6. The van der Waals surface area contributed by atoms with Crippen LogP contribution in [0.2, 0.25) is 0 Å². The van der Waals surface area contributed by atoms with Crippen molar-refractivity contribution < 1.29 is 0 Å². The van der Waals surface area contributed by atoms with Crippen LogP contribution in [-0.2, 0) is 5.41 Å². The number of benzene rings is 5. The zero-order valence-electron chi connectivity index (χ0n) is 19.0. The first-order valence-electron chi connectivity index (χ1n) is 11.8. The Morgan fingerprint density at radius 2 is 1.20 bits per heavy atom. The minimum absolute atomic E-state index is 0.389. The molecule has 1 aliphatic rings. The lowest BCUT2D eigenvalue weighted by atomic mass is 9.68. The quantitative estimate of drug-likeness (QED) is 0.282. The van der Waals surface area contributed by atoms with Crippen LogP contribution in [-0.4, -0.2) is 4.98 Å². The number of anilines is 2. The SMILES string of the molecule is c1ccc(C2(c3ccccc3)c3ccccc3-c3c(Nc4nc5ccccc5s4)cccc32)cc1. The lowest BCUT2D eigenvalue weighted by molar-refractivity contribution is 0.768. The van der Waals surface area contributed by atoms with Crippen LogP contribution in [0.25, 0.3) is 21.3 Å². The highest BCUT2D eigenvalue weighted by Gasteiger charge is 2.46. The van der Waals surface area contributed by atoms with Crippen LogP contribution >= 0.6 is 11.3 Å². The molecule has 0 fully saturated rings. The normalized spacial score (nSPS) is 13.4. The van der Waals surface area contributed by atoms with E-state index in [1.54, 1.807) is 11.3 Å². The van der Waals surface area contributed by atoms with E-state index in [4.69, 9.17) is 4.98 Å².